The van der Waals surface area contributed by atoms with Crippen molar-refractivity contribution in [3.05, 3.63) is 48.0 Å². The van der Waals surface area contributed by atoms with Gasteiger partial charge in [-0.2, -0.15) is 0 Å². The minimum atomic E-state index is -2.17. The molecule has 2 rings (SSSR count). The Bertz CT molecular complexity index is 1340. The summed E-state index contributed by atoms with van der Waals surface area (Å²) in [6.45, 7) is 46.3. The van der Waals surface area contributed by atoms with Crippen LogP contribution in [0.3, 0.4) is 0 Å². The van der Waals surface area contributed by atoms with E-state index in [2.05, 4.69) is 178 Å². The first-order valence-corrected chi connectivity index (χ1v) is 32.8. The van der Waals surface area contributed by atoms with Crippen molar-refractivity contribution >= 4 is 39.2 Å². The Morgan fingerprint density at radius 2 is 1.11 bits per heavy atom. The highest BCUT2D eigenvalue weighted by atomic mass is 28.4. The SMILES string of the molecule is CC(C)(C)[Si](C)(C)OC(=O)C/C=C\C[C@@H]1[C@@H](CC[C@H](CCc2ccccc2)O[Si](C)(C)C(C)(C)C)[C@H](O[Si](C)(C)C(C)(C)C)C[C@@H]1O[Si](C)(C)C(C)(C)C. The van der Waals surface area contributed by atoms with Crippen LogP contribution < -0.4 is 0 Å². The zero-order valence-corrected chi connectivity index (χ0v) is 42.9. The normalized spacial score (nSPS) is 21.9. The van der Waals surface area contributed by atoms with Crippen LogP contribution in [0.4, 0.5) is 0 Å². The van der Waals surface area contributed by atoms with Crippen LogP contribution in [0.25, 0.3) is 0 Å². The van der Waals surface area contributed by atoms with Crippen molar-refractivity contribution in [1.82, 2.24) is 0 Å². The van der Waals surface area contributed by atoms with Gasteiger partial charge < -0.3 is 17.7 Å². The molecule has 1 aliphatic carbocycles. The van der Waals surface area contributed by atoms with Gasteiger partial charge in [0.1, 0.15) is 0 Å². The Balaban J connectivity index is 2.53. The van der Waals surface area contributed by atoms with Crippen LogP contribution >= 0.6 is 0 Å². The summed E-state index contributed by atoms with van der Waals surface area (Å²) in [5, 5.41) is 0.346. The van der Waals surface area contributed by atoms with Crippen molar-refractivity contribution in [2.75, 3.05) is 0 Å². The van der Waals surface area contributed by atoms with Gasteiger partial charge >= 0.3 is 0 Å². The van der Waals surface area contributed by atoms with Crippen LogP contribution in [0.5, 0.6) is 0 Å². The van der Waals surface area contributed by atoms with Gasteiger partial charge in [-0.05, 0) is 128 Å². The maximum atomic E-state index is 13.1. The minimum absolute atomic E-state index is 0.00976. The Morgan fingerprint density at radius 3 is 1.57 bits per heavy atom. The molecule has 1 aromatic rings. The summed E-state index contributed by atoms with van der Waals surface area (Å²) >= 11 is 0. The molecule has 1 saturated carbocycles. The molecule has 0 heterocycles. The van der Waals surface area contributed by atoms with Gasteiger partial charge in [0.2, 0.25) is 0 Å². The van der Waals surface area contributed by atoms with Gasteiger partial charge in [0, 0.05) is 6.10 Å². The van der Waals surface area contributed by atoms with Crippen molar-refractivity contribution in [2.24, 2.45) is 11.8 Å². The first-order chi connectivity index (χ1) is 24.2. The lowest BCUT2D eigenvalue weighted by Gasteiger charge is -2.41. The molecule has 1 aromatic carbocycles. The van der Waals surface area contributed by atoms with Crippen molar-refractivity contribution in [3.8, 4) is 0 Å². The third kappa shape index (κ3) is 13.9. The van der Waals surface area contributed by atoms with Crippen LogP contribution in [0.15, 0.2) is 42.5 Å². The molecule has 1 aliphatic rings. The lowest BCUT2D eigenvalue weighted by Crippen LogP contribution is -2.45. The molecular formula is C45H86O5Si4. The molecule has 0 bridgehead atoms. The summed E-state index contributed by atoms with van der Waals surface area (Å²) in [6, 6.07) is 10.9. The lowest BCUT2D eigenvalue weighted by atomic mass is 9.85. The van der Waals surface area contributed by atoms with Crippen LogP contribution in [0, 0.1) is 11.8 Å². The van der Waals surface area contributed by atoms with Crippen molar-refractivity contribution in [1.29, 1.82) is 0 Å². The molecule has 54 heavy (non-hydrogen) atoms. The Morgan fingerprint density at radius 1 is 0.648 bits per heavy atom. The second-order valence-electron chi connectivity index (χ2n) is 22.6. The van der Waals surface area contributed by atoms with Gasteiger partial charge in [-0.25, -0.2) is 0 Å². The van der Waals surface area contributed by atoms with Crippen LogP contribution in [-0.2, 0) is 28.9 Å². The van der Waals surface area contributed by atoms with E-state index in [4.69, 9.17) is 17.7 Å². The summed E-state index contributed by atoms with van der Waals surface area (Å²) < 4.78 is 28.2. The minimum Gasteiger partial charge on any atom is -0.519 e. The molecule has 0 radical (unpaired) electrons. The molecule has 0 aromatic heterocycles. The van der Waals surface area contributed by atoms with E-state index < -0.39 is 33.3 Å². The van der Waals surface area contributed by atoms with Crippen molar-refractivity contribution in [3.63, 3.8) is 0 Å². The van der Waals surface area contributed by atoms with E-state index in [1.165, 1.54) is 5.56 Å². The lowest BCUT2D eigenvalue weighted by molar-refractivity contribution is -0.134. The van der Waals surface area contributed by atoms with Gasteiger partial charge in [-0.3, -0.25) is 4.79 Å². The Hall–Kier alpha value is -0.822. The van der Waals surface area contributed by atoms with E-state index in [1.807, 2.05) is 0 Å². The monoisotopic (exact) mass is 819 g/mol. The second-order valence-corrected chi connectivity index (χ2v) is 41.6. The average Bonchev–Trinajstić information content (AvgIpc) is 3.28. The third-order valence-electron chi connectivity index (χ3n) is 14.2. The number of carbonyl (C=O) groups excluding carboxylic acids is 1. The number of allylic oxidation sites excluding steroid dienone is 1. The maximum absolute atomic E-state index is 13.1. The number of hydrogen-bond acceptors (Lipinski definition) is 5. The van der Waals surface area contributed by atoms with Crippen LogP contribution in [-0.4, -0.2) is 57.6 Å². The highest BCUT2D eigenvalue weighted by molar-refractivity contribution is 6.76. The van der Waals surface area contributed by atoms with E-state index >= 15 is 0 Å². The largest absolute Gasteiger partial charge is 0.519 e. The standard InChI is InChI=1S/C45H86O5Si4/c1-42(2,3)51(13,14)47-36(31-30-35-26-22-21-23-27-35)32-33-38-37(28-24-25-29-41(46)50-54(19,20)45(10,11)12)39(48-52(15,16)43(4,5)6)34-40(38)49-53(17,18)44(7,8)9/h21-27,36-40H,28-34H2,1-20H3/b25-24-/t36-,37+,38+,39-,40+/m0/s1. The summed E-state index contributed by atoms with van der Waals surface area (Å²) in [6.07, 6.45) is 10.9. The van der Waals surface area contributed by atoms with Gasteiger partial charge in [0.25, 0.3) is 14.3 Å². The molecule has 5 atom stereocenters. The van der Waals surface area contributed by atoms with Gasteiger partial charge in [-0.15, -0.1) is 0 Å². The highest BCUT2D eigenvalue weighted by Crippen LogP contribution is 2.49. The zero-order chi connectivity index (χ0) is 41.8. The Kier molecular flexibility index (Phi) is 16.8. The van der Waals surface area contributed by atoms with Crippen LogP contribution in [0.2, 0.25) is 72.5 Å². The molecule has 0 saturated heterocycles. The van der Waals surface area contributed by atoms with E-state index in [0.717, 1.165) is 38.5 Å². The molecule has 0 aliphatic heterocycles. The number of rotatable bonds is 17. The highest BCUT2D eigenvalue weighted by Gasteiger charge is 2.51. The first kappa shape index (κ1) is 49.3. The first-order valence-electron chi connectivity index (χ1n) is 21.1. The molecular weight excluding hydrogens is 733 g/mol. The number of aryl methyl sites for hydroxylation is 1. The third-order valence-corrected chi connectivity index (χ3v) is 32.1. The van der Waals surface area contributed by atoms with Gasteiger partial charge in [0.15, 0.2) is 25.0 Å². The number of carbonyl (C=O) groups is 1. The summed E-state index contributed by atoms with van der Waals surface area (Å²) in [4.78, 5) is 13.1. The van der Waals surface area contributed by atoms with E-state index in [0.29, 0.717) is 18.3 Å². The summed E-state index contributed by atoms with van der Waals surface area (Å²) in [7, 11) is -8.34. The molecule has 0 spiro atoms. The van der Waals surface area contributed by atoms with Crippen molar-refractivity contribution in [2.45, 2.75) is 219 Å². The average molecular weight is 820 g/mol. The van der Waals surface area contributed by atoms with E-state index in [1.54, 1.807) is 0 Å². The fourth-order valence-electron chi connectivity index (χ4n) is 6.36. The predicted molar refractivity (Wildman–Crippen MR) is 243 cm³/mol. The molecule has 0 unspecified atom stereocenters. The van der Waals surface area contributed by atoms with Crippen molar-refractivity contribution < 1.29 is 22.5 Å². The molecule has 312 valence electrons. The maximum Gasteiger partial charge on any atom is 0.296 e. The summed E-state index contributed by atoms with van der Waals surface area (Å²) in [5.41, 5.74) is 1.37. The molecule has 5 nitrogen and oxygen atoms in total. The quantitative estimate of drug-likeness (QED) is 0.116. The van der Waals surface area contributed by atoms with E-state index in [-0.39, 0.29) is 44.4 Å². The summed E-state index contributed by atoms with van der Waals surface area (Å²) in [5.74, 6) is 0.516. The second kappa shape index (κ2) is 18.4. The predicted octanol–water partition coefficient (Wildman–Crippen LogP) is 14.1. The fraction of sp³-hybridized carbons (Fsp3) is 0.800. The Labute approximate surface area is 339 Å². The van der Waals surface area contributed by atoms with Gasteiger partial charge in [0.05, 0.1) is 18.6 Å². The van der Waals surface area contributed by atoms with Gasteiger partial charge in [-0.1, -0.05) is 126 Å². The fourth-order valence-corrected chi connectivity index (χ4v) is 11.5. The molecule has 1 fully saturated rings. The smallest absolute Gasteiger partial charge is 0.296 e. The van der Waals surface area contributed by atoms with E-state index in [9.17, 15) is 4.79 Å². The van der Waals surface area contributed by atoms with Crippen LogP contribution in [0.1, 0.15) is 127 Å². The topological polar surface area (TPSA) is 54.0 Å². The molecule has 0 N–H and O–H groups in total. The number of benzene rings is 1. The zero-order valence-electron chi connectivity index (χ0n) is 38.9. The number of hydrogen-bond donors (Lipinski definition) is 0. The molecule has 9 heteroatoms. The molecule has 0 amide bonds.